The van der Waals surface area contributed by atoms with Crippen molar-refractivity contribution in [2.75, 3.05) is 7.11 Å². The first-order valence-corrected chi connectivity index (χ1v) is 5.32. The number of phenols is 2. The van der Waals surface area contributed by atoms with Crippen LogP contribution in [0.1, 0.15) is 15.9 Å². The monoisotopic (exact) mass is 244 g/mol. The molecule has 0 radical (unpaired) electrons. The standard InChI is InChI=1S/C14H12O4/c1-18-11-5-2-9(3-6-11)14(17)10-4-7-12(15)13(16)8-10/h2-8,15-16H,1H3. The number of carbonyl (C=O) groups is 1. The third-order valence-electron chi connectivity index (χ3n) is 2.59. The van der Waals surface area contributed by atoms with Gasteiger partial charge in [0, 0.05) is 11.1 Å². The van der Waals surface area contributed by atoms with Gasteiger partial charge in [0.2, 0.25) is 0 Å². The highest BCUT2D eigenvalue weighted by atomic mass is 16.5. The maximum Gasteiger partial charge on any atom is 0.193 e. The van der Waals surface area contributed by atoms with Gasteiger partial charge in [-0.3, -0.25) is 4.79 Å². The summed E-state index contributed by atoms with van der Waals surface area (Å²) < 4.78 is 5.01. The van der Waals surface area contributed by atoms with Crippen molar-refractivity contribution in [2.45, 2.75) is 0 Å². The Balaban J connectivity index is 2.32. The lowest BCUT2D eigenvalue weighted by molar-refractivity contribution is 0.103. The predicted molar refractivity (Wildman–Crippen MR) is 66.2 cm³/mol. The van der Waals surface area contributed by atoms with Gasteiger partial charge in [-0.2, -0.15) is 0 Å². The first kappa shape index (κ1) is 12.0. The number of ether oxygens (including phenoxy) is 1. The van der Waals surface area contributed by atoms with Crippen molar-refractivity contribution in [3.05, 3.63) is 53.6 Å². The third-order valence-corrected chi connectivity index (χ3v) is 2.59. The molecule has 0 aliphatic carbocycles. The highest BCUT2D eigenvalue weighted by Crippen LogP contribution is 2.26. The summed E-state index contributed by atoms with van der Waals surface area (Å²) in [5, 5.41) is 18.5. The molecule has 2 aromatic carbocycles. The minimum atomic E-state index is -0.311. The van der Waals surface area contributed by atoms with Crippen LogP contribution in [0.15, 0.2) is 42.5 Å². The van der Waals surface area contributed by atoms with E-state index in [1.54, 1.807) is 31.4 Å². The van der Waals surface area contributed by atoms with Crippen molar-refractivity contribution in [2.24, 2.45) is 0 Å². The zero-order chi connectivity index (χ0) is 13.1. The van der Waals surface area contributed by atoms with Crippen LogP contribution in [-0.2, 0) is 0 Å². The molecule has 0 aliphatic rings. The van der Waals surface area contributed by atoms with E-state index in [2.05, 4.69) is 0 Å². The molecular weight excluding hydrogens is 232 g/mol. The fraction of sp³-hybridized carbons (Fsp3) is 0.0714. The first-order chi connectivity index (χ1) is 8.61. The van der Waals surface area contributed by atoms with Crippen molar-refractivity contribution < 1.29 is 19.7 Å². The van der Waals surface area contributed by atoms with Crippen LogP contribution < -0.4 is 4.74 Å². The summed E-state index contributed by atoms with van der Waals surface area (Å²) in [7, 11) is 1.55. The molecule has 0 bridgehead atoms. The maximum absolute atomic E-state index is 12.1. The second-order valence-corrected chi connectivity index (χ2v) is 3.76. The molecule has 0 unspecified atom stereocenters. The highest BCUT2D eigenvalue weighted by molar-refractivity contribution is 6.09. The van der Waals surface area contributed by atoms with E-state index in [9.17, 15) is 15.0 Å². The molecule has 0 atom stereocenters. The number of carbonyl (C=O) groups excluding carboxylic acids is 1. The number of hydrogen-bond donors (Lipinski definition) is 2. The average molecular weight is 244 g/mol. The van der Waals surface area contributed by atoms with Crippen LogP contribution in [-0.4, -0.2) is 23.1 Å². The summed E-state index contributed by atoms with van der Waals surface area (Å²) in [5.74, 6) is -0.122. The lowest BCUT2D eigenvalue weighted by atomic mass is 10.0. The van der Waals surface area contributed by atoms with Gasteiger partial charge in [0.1, 0.15) is 5.75 Å². The molecule has 0 saturated heterocycles. The normalized spacial score (nSPS) is 10.1. The third kappa shape index (κ3) is 2.27. The minimum Gasteiger partial charge on any atom is -0.504 e. The van der Waals surface area contributed by atoms with E-state index in [0.29, 0.717) is 16.9 Å². The Kier molecular flexibility index (Phi) is 3.19. The van der Waals surface area contributed by atoms with Gasteiger partial charge in [0.15, 0.2) is 17.3 Å². The Morgan fingerprint density at radius 2 is 1.56 bits per heavy atom. The van der Waals surface area contributed by atoms with Crippen molar-refractivity contribution in [1.29, 1.82) is 0 Å². The van der Waals surface area contributed by atoms with Crippen LogP contribution in [0.25, 0.3) is 0 Å². The first-order valence-electron chi connectivity index (χ1n) is 5.32. The number of hydrogen-bond acceptors (Lipinski definition) is 4. The summed E-state index contributed by atoms with van der Waals surface area (Å²) in [6.45, 7) is 0. The van der Waals surface area contributed by atoms with Gasteiger partial charge in [-0.15, -0.1) is 0 Å². The second-order valence-electron chi connectivity index (χ2n) is 3.76. The average Bonchev–Trinajstić information content (AvgIpc) is 2.41. The Bertz CT molecular complexity index is 573. The molecule has 92 valence electrons. The molecule has 4 heteroatoms. The van der Waals surface area contributed by atoms with E-state index in [4.69, 9.17) is 4.74 Å². The topological polar surface area (TPSA) is 66.8 Å². The Morgan fingerprint density at radius 3 is 2.11 bits per heavy atom. The Labute approximate surface area is 104 Å². The zero-order valence-electron chi connectivity index (χ0n) is 9.75. The molecule has 0 spiro atoms. The lowest BCUT2D eigenvalue weighted by Gasteiger charge is -2.04. The maximum atomic E-state index is 12.1. The van der Waals surface area contributed by atoms with Crippen LogP contribution in [0.5, 0.6) is 17.2 Å². The van der Waals surface area contributed by atoms with Crippen molar-refractivity contribution in [1.82, 2.24) is 0 Å². The fourth-order valence-electron chi connectivity index (χ4n) is 1.57. The van der Waals surface area contributed by atoms with E-state index in [0.717, 1.165) is 0 Å². The van der Waals surface area contributed by atoms with Crippen LogP contribution in [0.2, 0.25) is 0 Å². The molecule has 0 saturated carbocycles. The van der Waals surface area contributed by atoms with Gasteiger partial charge in [-0.1, -0.05) is 0 Å². The summed E-state index contributed by atoms with van der Waals surface area (Å²) in [5.41, 5.74) is 0.802. The largest absolute Gasteiger partial charge is 0.504 e. The van der Waals surface area contributed by atoms with E-state index in [1.165, 1.54) is 18.2 Å². The van der Waals surface area contributed by atoms with Gasteiger partial charge in [-0.05, 0) is 42.5 Å². The predicted octanol–water partition coefficient (Wildman–Crippen LogP) is 2.34. The number of ketones is 1. The van der Waals surface area contributed by atoms with Crippen molar-refractivity contribution in [3.63, 3.8) is 0 Å². The highest BCUT2D eigenvalue weighted by Gasteiger charge is 2.11. The van der Waals surface area contributed by atoms with Crippen LogP contribution >= 0.6 is 0 Å². The number of rotatable bonds is 3. The molecule has 0 fully saturated rings. The number of benzene rings is 2. The van der Waals surface area contributed by atoms with E-state index in [-0.39, 0.29) is 17.3 Å². The van der Waals surface area contributed by atoms with Gasteiger partial charge < -0.3 is 14.9 Å². The second kappa shape index (κ2) is 4.79. The SMILES string of the molecule is COc1ccc(C(=O)c2ccc(O)c(O)c2)cc1. The number of aromatic hydroxyl groups is 2. The van der Waals surface area contributed by atoms with E-state index >= 15 is 0 Å². The summed E-state index contributed by atoms with van der Waals surface area (Å²) in [6, 6.07) is 10.6. The van der Waals surface area contributed by atoms with Gasteiger partial charge in [0.25, 0.3) is 0 Å². The number of methoxy groups -OCH3 is 1. The van der Waals surface area contributed by atoms with Gasteiger partial charge >= 0.3 is 0 Å². The lowest BCUT2D eigenvalue weighted by Crippen LogP contribution is -2.00. The minimum absolute atomic E-state index is 0.229. The molecule has 2 rings (SSSR count). The molecule has 0 amide bonds. The molecule has 0 aliphatic heterocycles. The summed E-state index contributed by atoms with van der Waals surface area (Å²) in [4.78, 5) is 12.1. The smallest absolute Gasteiger partial charge is 0.193 e. The molecule has 4 nitrogen and oxygen atoms in total. The van der Waals surface area contributed by atoms with E-state index < -0.39 is 0 Å². The molecule has 0 aromatic heterocycles. The molecule has 2 aromatic rings. The van der Waals surface area contributed by atoms with Crippen molar-refractivity contribution in [3.8, 4) is 17.2 Å². The van der Waals surface area contributed by atoms with Gasteiger partial charge in [0.05, 0.1) is 7.11 Å². The van der Waals surface area contributed by atoms with E-state index in [1.807, 2.05) is 0 Å². The zero-order valence-corrected chi connectivity index (χ0v) is 9.75. The molecule has 0 heterocycles. The summed E-state index contributed by atoms with van der Waals surface area (Å²) >= 11 is 0. The molecule has 18 heavy (non-hydrogen) atoms. The Morgan fingerprint density at radius 1 is 0.944 bits per heavy atom. The number of phenolic OH excluding ortho intramolecular Hbond substituents is 2. The van der Waals surface area contributed by atoms with Crippen LogP contribution in [0.4, 0.5) is 0 Å². The Hall–Kier alpha value is -2.49. The summed E-state index contributed by atoms with van der Waals surface area (Å²) in [6.07, 6.45) is 0. The molecule has 2 N–H and O–H groups in total. The van der Waals surface area contributed by atoms with Crippen molar-refractivity contribution >= 4 is 5.78 Å². The van der Waals surface area contributed by atoms with Crippen LogP contribution in [0, 0.1) is 0 Å². The fourth-order valence-corrected chi connectivity index (χ4v) is 1.57. The molecular formula is C14H12O4. The van der Waals surface area contributed by atoms with Crippen LogP contribution in [0.3, 0.4) is 0 Å². The quantitative estimate of drug-likeness (QED) is 0.642. The van der Waals surface area contributed by atoms with Gasteiger partial charge in [-0.25, -0.2) is 0 Å².